The summed E-state index contributed by atoms with van der Waals surface area (Å²) in [5.41, 5.74) is 8.25. The number of H-pyrrole nitrogens is 1. The highest BCUT2D eigenvalue weighted by Gasteiger charge is 2.11. The molecule has 2 rings (SSSR count). The number of nitrogens with two attached hydrogens (primary N) is 1. The van der Waals surface area contributed by atoms with Gasteiger partial charge in [-0.1, -0.05) is 12.1 Å². The molecule has 0 aliphatic heterocycles. The minimum absolute atomic E-state index is 0.293. The number of hydrogen-bond acceptors (Lipinski definition) is 4. The number of nitrogens with one attached hydrogen (secondary N) is 1. The molecule has 0 saturated heterocycles. The highest BCUT2D eigenvalue weighted by atomic mass is 32.2. The van der Waals surface area contributed by atoms with E-state index in [1.54, 1.807) is 24.3 Å². The smallest absolute Gasteiger partial charge is 0.175 e. The number of aromatic nitrogens is 2. The van der Waals surface area contributed by atoms with Crippen molar-refractivity contribution in [2.24, 2.45) is 0 Å². The Labute approximate surface area is 99.6 Å². The Kier molecular flexibility index (Phi) is 2.66. The number of nitrogens with zero attached hydrogens (tertiary/aromatic N) is 1. The van der Waals surface area contributed by atoms with Gasteiger partial charge in [0.2, 0.25) is 0 Å². The summed E-state index contributed by atoms with van der Waals surface area (Å²) in [5, 5.41) is 6.69. The van der Waals surface area contributed by atoms with Gasteiger partial charge in [0.05, 0.1) is 4.90 Å². The summed E-state index contributed by atoms with van der Waals surface area (Å²) in [5.74, 6) is 0.412. The maximum Gasteiger partial charge on any atom is 0.175 e. The van der Waals surface area contributed by atoms with Crippen molar-refractivity contribution in [2.45, 2.75) is 11.8 Å². The molecular weight excluding hydrogens is 238 g/mol. The molecule has 90 valence electrons. The molecule has 5 nitrogen and oxygen atoms in total. The van der Waals surface area contributed by atoms with E-state index >= 15 is 0 Å². The van der Waals surface area contributed by atoms with E-state index in [4.69, 9.17) is 5.73 Å². The first kappa shape index (κ1) is 11.7. The van der Waals surface area contributed by atoms with Crippen LogP contribution in [0.25, 0.3) is 11.1 Å². The lowest BCUT2D eigenvalue weighted by Crippen LogP contribution is -1.96. The largest absolute Gasteiger partial charge is 0.382 e. The third kappa shape index (κ3) is 2.16. The molecule has 17 heavy (non-hydrogen) atoms. The van der Waals surface area contributed by atoms with Gasteiger partial charge in [-0.15, -0.1) is 0 Å². The fourth-order valence-corrected chi connectivity index (χ4v) is 2.31. The second-order valence-corrected chi connectivity index (χ2v) is 5.92. The summed E-state index contributed by atoms with van der Waals surface area (Å²) in [6, 6.07) is 6.59. The predicted molar refractivity (Wildman–Crippen MR) is 66.3 cm³/mol. The van der Waals surface area contributed by atoms with Crippen LogP contribution in [0, 0.1) is 6.92 Å². The zero-order valence-electron chi connectivity index (χ0n) is 9.56. The zero-order valence-corrected chi connectivity index (χ0v) is 10.4. The first-order valence-electron chi connectivity index (χ1n) is 5.00. The lowest BCUT2D eigenvalue weighted by molar-refractivity contribution is 0.602. The Morgan fingerprint density at radius 1 is 1.24 bits per heavy atom. The molecule has 0 atom stereocenters. The Balaban J connectivity index is 2.50. The first-order valence-corrected chi connectivity index (χ1v) is 6.89. The first-order chi connectivity index (χ1) is 7.89. The monoisotopic (exact) mass is 251 g/mol. The van der Waals surface area contributed by atoms with E-state index in [2.05, 4.69) is 10.2 Å². The average molecular weight is 251 g/mol. The second kappa shape index (κ2) is 3.89. The van der Waals surface area contributed by atoms with Crippen LogP contribution in [0.15, 0.2) is 29.2 Å². The van der Waals surface area contributed by atoms with Gasteiger partial charge in [-0.2, -0.15) is 5.10 Å². The SMILES string of the molecule is Cc1[nH]nc(N)c1-c1ccc(S(C)(=O)=O)cc1. The Morgan fingerprint density at radius 3 is 2.24 bits per heavy atom. The van der Waals surface area contributed by atoms with Crippen LogP contribution in [0.1, 0.15) is 5.69 Å². The summed E-state index contributed by atoms with van der Waals surface area (Å²) in [7, 11) is -3.16. The molecule has 0 amide bonds. The molecule has 0 spiro atoms. The number of anilines is 1. The summed E-state index contributed by atoms with van der Waals surface area (Å²) < 4.78 is 22.6. The van der Waals surface area contributed by atoms with E-state index in [0.29, 0.717) is 10.7 Å². The van der Waals surface area contributed by atoms with Crippen LogP contribution in [0.3, 0.4) is 0 Å². The maximum absolute atomic E-state index is 11.3. The average Bonchev–Trinajstić information content (AvgIpc) is 2.58. The van der Waals surface area contributed by atoms with Crippen LogP contribution < -0.4 is 5.73 Å². The number of sulfone groups is 1. The van der Waals surface area contributed by atoms with Crippen LogP contribution in [0.5, 0.6) is 0 Å². The maximum atomic E-state index is 11.3. The molecule has 2 aromatic rings. The van der Waals surface area contributed by atoms with E-state index in [1.807, 2.05) is 6.92 Å². The van der Waals surface area contributed by atoms with E-state index < -0.39 is 9.84 Å². The molecule has 0 saturated carbocycles. The van der Waals surface area contributed by atoms with Gasteiger partial charge >= 0.3 is 0 Å². The van der Waals surface area contributed by atoms with Crippen LogP contribution in [-0.4, -0.2) is 24.9 Å². The third-order valence-corrected chi connectivity index (χ3v) is 3.67. The molecule has 0 bridgehead atoms. The van der Waals surface area contributed by atoms with Crippen LogP contribution in [0.2, 0.25) is 0 Å². The second-order valence-electron chi connectivity index (χ2n) is 3.91. The number of aromatic amines is 1. The molecule has 0 aliphatic carbocycles. The minimum atomic E-state index is -3.16. The van der Waals surface area contributed by atoms with Gasteiger partial charge < -0.3 is 5.73 Å². The molecule has 1 aromatic heterocycles. The highest BCUT2D eigenvalue weighted by Crippen LogP contribution is 2.28. The summed E-state index contributed by atoms with van der Waals surface area (Å²) >= 11 is 0. The fraction of sp³-hybridized carbons (Fsp3) is 0.182. The number of benzene rings is 1. The van der Waals surface area contributed by atoms with Gasteiger partial charge in [0, 0.05) is 17.5 Å². The highest BCUT2D eigenvalue weighted by molar-refractivity contribution is 7.90. The van der Waals surface area contributed by atoms with Gasteiger partial charge in [-0.25, -0.2) is 8.42 Å². The van der Waals surface area contributed by atoms with Gasteiger partial charge in [-0.05, 0) is 24.6 Å². The van der Waals surface area contributed by atoms with E-state index in [0.717, 1.165) is 16.8 Å². The molecule has 3 N–H and O–H groups in total. The topological polar surface area (TPSA) is 88.8 Å². The molecule has 1 aromatic carbocycles. The van der Waals surface area contributed by atoms with Crippen molar-refractivity contribution in [3.05, 3.63) is 30.0 Å². The van der Waals surface area contributed by atoms with Gasteiger partial charge in [0.15, 0.2) is 15.7 Å². The number of rotatable bonds is 2. The van der Waals surface area contributed by atoms with Gasteiger partial charge in [-0.3, -0.25) is 5.10 Å². The standard InChI is InChI=1S/C11H13N3O2S/c1-7-10(11(12)14-13-7)8-3-5-9(6-4-8)17(2,15)16/h3-6H,1-2H3,(H3,12,13,14). The quantitative estimate of drug-likeness (QED) is 0.843. The normalized spacial score (nSPS) is 11.6. The van der Waals surface area contributed by atoms with Crippen LogP contribution in [-0.2, 0) is 9.84 Å². The fourth-order valence-electron chi connectivity index (χ4n) is 1.68. The summed E-state index contributed by atoms with van der Waals surface area (Å²) in [6.45, 7) is 1.86. The van der Waals surface area contributed by atoms with Gasteiger partial charge in [0.25, 0.3) is 0 Å². The van der Waals surface area contributed by atoms with Crippen molar-refractivity contribution >= 4 is 15.7 Å². The number of nitrogen functional groups attached to an aromatic ring is 1. The molecule has 1 heterocycles. The molecular formula is C11H13N3O2S. The summed E-state index contributed by atoms with van der Waals surface area (Å²) in [6.07, 6.45) is 1.18. The van der Waals surface area contributed by atoms with E-state index in [9.17, 15) is 8.42 Å². The van der Waals surface area contributed by atoms with E-state index in [-0.39, 0.29) is 0 Å². The molecule has 6 heteroatoms. The molecule has 0 radical (unpaired) electrons. The number of hydrogen-bond donors (Lipinski definition) is 2. The Hall–Kier alpha value is -1.82. The summed E-state index contributed by atoms with van der Waals surface area (Å²) in [4.78, 5) is 0.293. The van der Waals surface area contributed by atoms with Crippen molar-refractivity contribution in [2.75, 3.05) is 12.0 Å². The third-order valence-electron chi connectivity index (χ3n) is 2.55. The van der Waals surface area contributed by atoms with E-state index in [1.165, 1.54) is 6.26 Å². The van der Waals surface area contributed by atoms with Crippen LogP contribution in [0.4, 0.5) is 5.82 Å². The minimum Gasteiger partial charge on any atom is -0.382 e. The lowest BCUT2D eigenvalue weighted by Gasteiger charge is -2.03. The predicted octanol–water partition coefficient (Wildman–Crippen LogP) is 1.37. The van der Waals surface area contributed by atoms with Crippen molar-refractivity contribution < 1.29 is 8.42 Å². The van der Waals surface area contributed by atoms with Crippen molar-refractivity contribution in [1.82, 2.24) is 10.2 Å². The van der Waals surface area contributed by atoms with Gasteiger partial charge in [0.1, 0.15) is 0 Å². The molecule has 0 aliphatic rings. The van der Waals surface area contributed by atoms with Crippen LogP contribution >= 0.6 is 0 Å². The van der Waals surface area contributed by atoms with Crippen molar-refractivity contribution in [3.63, 3.8) is 0 Å². The molecule has 0 unspecified atom stereocenters. The Bertz CT molecular complexity index is 622. The zero-order chi connectivity index (χ0) is 12.6. The van der Waals surface area contributed by atoms with Crippen molar-refractivity contribution in [1.29, 1.82) is 0 Å². The number of aryl methyl sites for hydroxylation is 1. The Morgan fingerprint density at radius 2 is 1.82 bits per heavy atom. The molecule has 0 fully saturated rings. The van der Waals surface area contributed by atoms with Crippen molar-refractivity contribution in [3.8, 4) is 11.1 Å². The lowest BCUT2D eigenvalue weighted by atomic mass is 10.1.